The third-order valence-corrected chi connectivity index (χ3v) is 8.01. The molecule has 192 valence electrons. The summed E-state index contributed by atoms with van der Waals surface area (Å²) < 4.78 is 13.5. The SMILES string of the molecule is C#C.CC/C=C(/C)C1=C(C)OC2C=CC=C3Oc4c(ccc5ccccc45)C4=C3C2=C1C1=CCC=CC=C1C4. The van der Waals surface area contributed by atoms with Gasteiger partial charge in [0.1, 0.15) is 23.4 Å². The summed E-state index contributed by atoms with van der Waals surface area (Å²) in [6.45, 7) is 6.54. The van der Waals surface area contributed by atoms with E-state index in [0.717, 1.165) is 41.9 Å². The minimum absolute atomic E-state index is 0.158. The number of ether oxygens (including phenoxy) is 2. The van der Waals surface area contributed by atoms with Gasteiger partial charge in [-0.05, 0) is 72.9 Å². The van der Waals surface area contributed by atoms with Gasteiger partial charge in [0.05, 0.1) is 0 Å². The minimum Gasteiger partial charge on any atom is -0.486 e. The lowest BCUT2D eigenvalue weighted by Crippen LogP contribution is -2.25. The van der Waals surface area contributed by atoms with Crippen LogP contribution >= 0.6 is 0 Å². The maximum Gasteiger partial charge on any atom is 0.143 e. The number of fused-ring (bicyclic) bond motifs is 6. The average Bonchev–Trinajstić information content (AvgIpc) is 3.35. The molecule has 0 radical (unpaired) electrons. The van der Waals surface area contributed by atoms with Gasteiger partial charge in [-0.25, -0.2) is 0 Å². The molecule has 2 heteroatoms. The second kappa shape index (κ2) is 10.0. The predicted octanol–water partition coefficient (Wildman–Crippen LogP) is 9.23. The van der Waals surface area contributed by atoms with Crippen LogP contribution in [0.5, 0.6) is 5.75 Å². The molecule has 0 fully saturated rings. The zero-order chi connectivity index (χ0) is 27.1. The van der Waals surface area contributed by atoms with Gasteiger partial charge >= 0.3 is 0 Å². The van der Waals surface area contributed by atoms with E-state index in [-0.39, 0.29) is 6.10 Å². The number of rotatable bonds is 2. The molecule has 2 heterocycles. The summed E-state index contributed by atoms with van der Waals surface area (Å²) in [6.07, 6.45) is 28.5. The fourth-order valence-electron chi connectivity index (χ4n) is 6.48. The molecule has 0 N–H and O–H groups in total. The van der Waals surface area contributed by atoms with Gasteiger partial charge in [-0.1, -0.05) is 79.8 Å². The van der Waals surface area contributed by atoms with Gasteiger partial charge in [0.15, 0.2) is 0 Å². The van der Waals surface area contributed by atoms with Gasteiger partial charge in [-0.3, -0.25) is 0 Å². The van der Waals surface area contributed by atoms with Crippen molar-refractivity contribution in [3.8, 4) is 18.6 Å². The van der Waals surface area contributed by atoms with Crippen LogP contribution in [0.25, 0.3) is 16.3 Å². The van der Waals surface area contributed by atoms with E-state index < -0.39 is 0 Å². The molecule has 2 aromatic carbocycles. The lowest BCUT2D eigenvalue weighted by molar-refractivity contribution is 0.177. The van der Waals surface area contributed by atoms with Crippen LogP contribution < -0.4 is 4.74 Å². The fourth-order valence-corrected chi connectivity index (χ4v) is 6.48. The van der Waals surface area contributed by atoms with Crippen molar-refractivity contribution in [1.82, 2.24) is 0 Å². The zero-order valence-electron chi connectivity index (χ0n) is 22.8. The number of allylic oxidation sites excluding steroid dienone is 15. The normalized spacial score (nSPS) is 21.0. The Labute approximate surface area is 231 Å². The van der Waals surface area contributed by atoms with Gasteiger partial charge in [-0.15, -0.1) is 12.8 Å². The minimum atomic E-state index is -0.158. The second-order valence-corrected chi connectivity index (χ2v) is 10.2. The molecule has 1 unspecified atom stereocenters. The Morgan fingerprint density at radius 1 is 1.05 bits per heavy atom. The van der Waals surface area contributed by atoms with Crippen LogP contribution in [0.15, 0.2) is 136 Å². The third kappa shape index (κ3) is 3.89. The Kier molecular flexibility index (Phi) is 6.37. The summed E-state index contributed by atoms with van der Waals surface area (Å²) in [7, 11) is 0. The number of benzene rings is 2. The largest absolute Gasteiger partial charge is 0.486 e. The molecule has 0 saturated heterocycles. The molecule has 2 aliphatic heterocycles. The molecule has 0 saturated carbocycles. The van der Waals surface area contributed by atoms with Gasteiger partial charge in [0.2, 0.25) is 0 Å². The summed E-state index contributed by atoms with van der Waals surface area (Å²) in [5.74, 6) is 2.86. The molecule has 3 aliphatic carbocycles. The quantitative estimate of drug-likeness (QED) is 0.376. The average molecular weight is 509 g/mol. The Bertz CT molecular complexity index is 1700. The lowest BCUT2D eigenvalue weighted by Gasteiger charge is -2.34. The van der Waals surface area contributed by atoms with Gasteiger partial charge in [-0.2, -0.15) is 0 Å². The van der Waals surface area contributed by atoms with E-state index >= 15 is 0 Å². The van der Waals surface area contributed by atoms with E-state index in [1.807, 2.05) is 0 Å². The topological polar surface area (TPSA) is 18.5 Å². The van der Waals surface area contributed by atoms with E-state index in [0.29, 0.717) is 0 Å². The molecule has 39 heavy (non-hydrogen) atoms. The molecule has 0 aromatic heterocycles. The summed E-state index contributed by atoms with van der Waals surface area (Å²) in [6, 6.07) is 13.0. The predicted molar refractivity (Wildman–Crippen MR) is 162 cm³/mol. The lowest BCUT2D eigenvalue weighted by atomic mass is 9.80. The standard InChI is InChI=1S/C35H30O2.C2H2/c1-4-11-21(2)31-22(3)36-30-17-10-16-29-32-28(20-24-13-6-5-7-14-25(24)33(31)34(30)32)27-19-18-23-12-8-9-15-26(23)35(27)37-29;1-2/h5-6,8-19,30H,4,7,20H2,1-3H3;1-2H/b21-11-;. The van der Waals surface area contributed by atoms with Crippen molar-refractivity contribution in [1.29, 1.82) is 0 Å². The van der Waals surface area contributed by atoms with Crippen molar-refractivity contribution in [2.24, 2.45) is 0 Å². The van der Waals surface area contributed by atoms with Crippen molar-refractivity contribution in [2.45, 2.75) is 46.1 Å². The highest BCUT2D eigenvalue weighted by molar-refractivity contribution is 5.98. The van der Waals surface area contributed by atoms with E-state index in [1.54, 1.807) is 0 Å². The first-order chi connectivity index (χ1) is 19.2. The molecule has 0 amide bonds. The molecule has 0 spiro atoms. The van der Waals surface area contributed by atoms with Gasteiger partial charge in [0.25, 0.3) is 0 Å². The zero-order valence-corrected chi connectivity index (χ0v) is 22.8. The summed E-state index contributed by atoms with van der Waals surface area (Å²) in [5.41, 5.74) is 11.4. The molecule has 0 bridgehead atoms. The number of terminal acetylenes is 1. The van der Waals surface area contributed by atoms with Crippen molar-refractivity contribution in [3.63, 3.8) is 0 Å². The van der Waals surface area contributed by atoms with Gasteiger partial charge in [0, 0.05) is 33.2 Å². The van der Waals surface area contributed by atoms with Crippen molar-refractivity contribution in [2.75, 3.05) is 0 Å². The maximum atomic E-state index is 6.81. The molecular formula is C37H32O2. The first-order valence-electron chi connectivity index (χ1n) is 13.7. The highest BCUT2D eigenvalue weighted by atomic mass is 16.5. The number of hydrogen-bond donors (Lipinski definition) is 0. The fraction of sp³-hybridized carbons (Fsp3) is 0.189. The first-order valence-corrected chi connectivity index (χ1v) is 13.7. The van der Waals surface area contributed by atoms with E-state index in [1.165, 1.54) is 55.5 Å². The van der Waals surface area contributed by atoms with Crippen molar-refractivity contribution >= 4 is 16.3 Å². The molecule has 7 rings (SSSR count). The summed E-state index contributed by atoms with van der Waals surface area (Å²) in [5, 5.41) is 2.35. The van der Waals surface area contributed by atoms with Crippen LogP contribution in [0.3, 0.4) is 0 Å². The van der Waals surface area contributed by atoms with E-state index in [9.17, 15) is 0 Å². The Balaban J connectivity index is 0.00000135. The Hall–Kier alpha value is -4.48. The second-order valence-electron chi connectivity index (χ2n) is 10.2. The van der Waals surface area contributed by atoms with Crippen LogP contribution in [-0.4, -0.2) is 6.10 Å². The van der Waals surface area contributed by atoms with Crippen LogP contribution in [0.2, 0.25) is 0 Å². The Morgan fingerprint density at radius 2 is 1.90 bits per heavy atom. The van der Waals surface area contributed by atoms with E-state index in [4.69, 9.17) is 9.47 Å². The van der Waals surface area contributed by atoms with Crippen molar-refractivity contribution in [3.05, 3.63) is 141 Å². The third-order valence-electron chi connectivity index (χ3n) is 8.01. The van der Waals surface area contributed by atoms with Gasteiger partial charge < -0.3 is 9.47 Å². The molecule has 5 aliphatic rings. The maximum absolute atomic E-state index is 6.81. The molecule has 2 nitrogen and oxygen atoms in total. The smallest absolute Gasteiger partial charge is 0.143 e. The van der Waals surface area contributed by atoms with Crippen LogP contribution in [0.4, 0.5) is 0 Å². The first kappa shape index (κ1) is 24.8. The van der Waals surface area contributed by atoms with E-state index in [2.05, 4.69) is 119 Å². The molecular weight excluding hydrogens is 476 g/mol. The number of hydrogen-bond acceptors (Lipinski definition) is 2. The van der Waals surface area contributed by atoms with Crippen LogP contribution in [0, 0.1) is 12.8 Å². The Morgan fingerprint density at radius 3 is 2.74 bits per heavy atom. The monoisotopic (exact) mass is 508 g/mol. The highest BCUT2D eigenvalue weighted by Crippen LogP contribution is 2.55. The summed E-state index contributed by atoms with van der Waals surface area (Å²) in [4.78, 5) is 0. The van der Waals surface area contributed by atoms with Crippen LogP contribution in [-0.2, 0) is 4.74 Å². The summed E-state index contributed by atoms with van der Waals surface area (Å²) >= 11 is 0. The molecule has 1 atom stereocenters. The van der Waals surface area contributed by atoms with Crippen LogP contribution in [0.1, 0.15) is 45.6 Å². The molecule has 2 aromatic rings. The van der Waals surface area contributed by atoms with Crippen molar-refractivity contribution < 1.29 is 9.47 Å². The highest BCUT2D eigenvalue weighted by Gasteiger charge is 2.41.